The van der Waals surface area contributed by atoms with Gasteiger partial charge in [0.1, 0.15) is 0 Å². The molecule has 0 saturated carbocycles. The van der Waals surface area contributed by atoms with Crippen molar-refractivity contribution in [2.45, 2.75) is 25.8 Å². The van der Waals surface area contributed by atoms with Crippen LogP contribution in [0.2, 0.25) is 0 Å². The Morgan fingerprint density at radius 3 is 2.79 bits per heavy atom. The molecule has 3 heterocycles. The molecule has 0 spiro atoms. The van der Waals surface area contributed by atoms with Gasteiger partial charge in [-0.25, -0.2) is 0 Å². The van der Waals surface area contributed by atoms with E-state index in [0.29, 0.717) is 25.3 Å². The van der Waals surface area contributed by atoms with Gasteiger partial charge in [0.2, 0.25) is 0 Å². The zero-order valence-electron chi connectivity index (χ0n) is 15.5. The van der Waals surface area contributed by atoms with Crippen LogP contribution in [-0.2, 0) is 13.0 Å². The zero-order chi connectivity index (χ0) is 19.3. The highest BCUT2D eigenvalue weighted by Crippen LogP contribution is 2.24. The number of benzene rings is 1. The number of aryl methyl sites for hydroxylation is 2. The van der Waals surface area contributed by atoms with Gasteiger partial charge in [-0.2, -0.15) is 0 Å². The first-order valence-electron chi connectivity index (χ1n) is 9.52. The van der Waals surface area contributed by atoms with Crippen LogP contribution in [0, 0.1) is 5.92 Å². The molecule has 3 aromatic rings. The van der Waals surface area contributed by atoms with Crippen molar-refractivity contribution in [1.29, 1.82) is 0 Å². The average Bonchev–Trinajstić information content (AvgIpc) is 3.44. The predicted molar refractivity (Wildman–Crippen MR) is 107 cm³/mol. The molecule has 1 saturated heterocycles. The van der Waals surface area contributed by atoms with E-state index in [-0.39, 0.29) is 17.6 Å². The van der Waals surface area contributed by atoms with E-state index in [9.17, 15) is 9.59 Å². The standard InChI is InChI=1S/C21H22N4O2S/c26-20(19-9-5-13-28-19)17-8-4-11-24(14-17)21(27)18-15-25(23-22-18)12-10-16-6-2-1-3-7-16/h1-3,5-7,9,13,15,17H,4,8,10-12,14H2. The Hall–Kier alpha value is -2.80. The Morgan fingerprint density at radius 2 is 2.00 bits per heavy atom. The smallest absolute Gasteiger partial charge is 0.276 e. The number of nitrogens with zero attached hydrogens (tertiary/aromatic N) is 4. The SMILES string of the molecule is O=C(c1cccs1)C1CCCN(C(=O)c2cn(CCc3ccccc3)nn2)C1. The topological polar surface area (TPSA) is 68.1 Å². The van der Waals surface area contributed by atoms with Gasteiger partial charge in [-0.05, 0) is 36.3 Å². The molecule has 4 rings (SSSR count). The van der Waals surface area contributed by atoms with Gasteiger partial charge in [0.05, 0.1) is 11.1 Å². The third-order valence-corrected chi connectivity index (χ3v) is 5.96. The number of carbonyl (C=O) groups excluding carboxylic acids is 2. The van der Waals surface area contributed by atoms with Crippen LogP contribution in [0.3, 0.4) is 0 Å². The van der Waals surface area contributed by atoms with E-state index in [1.807, 2.05) is 35.7 Å². The highest BCUT2D eigenvalue weighted by atomic mass is 32.1. The second-order valence-corrected chi connectivity index (χ2v) is 7.98. The summed E-state index contributed by atoms with van der Waals surface area (Å²) in [5, 5.41) is 10.1. The quantitative estimate of drug-likeness (QED) is 0.602. The van der Waals surface area contributed by atoms with E-state index in [1.54, 1.807) is 15.8 Å². The molecule has 1 aliphatic rings. The number of piperidine rings is 1. The van der Waals surface area contributed by atoms with Crippen LogP contribution in [-0.4, -0.2) is 44.7 Å². The third-order valence-electron chi connectivity index (χ3n) is 5.07. The van der Waals surface area contributed by atoms with Crippen molar-refractivity contribution in [3.8, 4) is 0 Å². The van der Waals surface area contributed by atoms with E-state index >= 15 is 0 Å². The number of aromatic nitrogens is 3. The van der Waals surface area contributed by atoms with Crippen molar-refractivity contribution in [2.75, 3.05) is 13.1 Å². The van der Waals surface area contributed by atoms with Gasteiger partial charge in [-0.3, -0.25) is 14.3 Å². The molecule has 1 unspecified atom stereocenters. The minimum absolute atomic E-state index is 0.135. The first kappa shape index (κ1) is 18.6. The normalized spacial score (nSPS) is 16.9. The molecular formula is C21H22N4O2S. The lowest BCUT2D eigenvalue weighted by atomic mass is 9.93. The maximum Gasteiger partial charge on any atom is 0.276 e. The summed E-state index contributed by atoms with van der Waals surface area (Å²) in [6.45, 7) is 1.78. The van der Waals surface area contributed by atoms with Crippen LogP contribution >= 0.6 is 11.3 Å². The number of likely N-dealkylation sites (tertiary alicyclic amines) is 1. The monoisotopic (exact) mass is 394 g/mol. The summed E-state index contributed by atoms with van der Waals surface area (Å²) in [5.74, 6) is -0.141. The molecule has 1 fully saturated rings. The highest BCUT2D eigenvalue weighted by molar-refractivity contribution is 7.12. The van der Waals surface area contributed by atoms with Crippen LogP contribution in [0.1, 0.15) is 38.6 Å². The molecule has 28 heavy (non-hydrogen) atoms. The van der Waals surface area contributed by atoms with Crippen LogP contribution in [0.15, 0.2) is 54.0 Å². The Kier molecular flexibility index (Phi) is 5.62. The van der Waals surface area contributed by atoms with E-state index in [0.717, 1.165) is 24.1 Å². The Morgan fingerprint density at radius 1 is 1.14 bits per heavy atom. The number of hydrogen-bond donors (Lipinski definition) is 0. The molecular weight excluding hydrogens is 372 g/mol. The molecule has 0 bridgehead atoms. The van der Waals surface area contributed by atoms with E-state index in [4.69, 9.17) is 0 Å². The van der Waals surface area contributed by atoms with Crippen molar-refractivity contribution < 1.29 is 9.59 Å². The average molecular weight is 395 g/mol. The van der Waals surface area contributed by atoms with Crippen molar-refractivity contribution in [2.24, 2.45) is 5.92 Å². The molecule has 0 radical (unpaired) electrons. The first-order chi connectivity index (χ1) is 13.7. The summed E-state index contributed by atoms with van der Waals surface area (Å²) >= 11 is 1.46. The highest BCUT2D eigenvalue weighted by Gasteiger charge is 2.30. The molecule has 0 N–H and O–H groups in total. The van der Waals surface area contributed by atoms with Crippen molar-refractivity contribution >= 4 is 23.0 Å². The molecule has 144 valence electrons. The molecule has 1 aromatic carbocycles. The minimum atomic E-state index is -0.144. The van der Waals surface area contributed by atoms with Crippen molar-refractivity contribution in [1.82, 2.24) is 19.9 Å². The Labute approximate surface area is 167 Å². The molecule has 1 aliphatic heterocycles. The number of Topliss-reactive ketones (excluding diaryl/α,β-unsaturated/α-hetero) is 1. The van der Waals surface area contributed by atoms with E-state index < -0.39 is 0 Å². The third kappa shape index (κ3) is 4.20. The maximum absolute atomic E-state index is 12.8. The second kappa shape index (κ2) is 8.48. The lowest BCUT2D eigenvalue weighted by Gasteiger charge is -2.31. The van der Waals surface area contributed by atoms with Crippen LogP contribution in [0.5, 0.6) is 0 Å². The van der Waals surface area contributed by atoms with Gasteiger partial charge in [0.15, 0.2) is 11.5 Å². The van der Waals surface area contributed by atoms with Gasteiger partial charge in [0.25, 0.3) is 5.91 Å². The fraction of sp³-hybridized carbons (Fsp3) is 0.333. The van der Waals surface area contributed by atoms with Crippen molar-refractivity contribution in [3.05, 3.63) is 70.2 Å². The molecule has 6 nitrogen and oxygen atoms in total. The minimum Gasteiger partial charge on any atom is -0.336 e. The number of thiophene rings is 1. The number of ketones is 1. The molecule has 1 amide bonds. The Bertz CT molecular complexity index is 936. The molecule has 1 atom stereocenters. The summed E-state index contributed by atoms with van der Waals surface area (Å²) in [4.78, 5) is 28.0. The lowest BCUT2D eigenvalue weighted by molar-refractivity contribution is 0.0633. The van der Waals surface area contributed by atoms with Gasteiger partial charge >= 0.3 is 0 Å². The second-order valence-electron chi connectivity index (χ2n) is 7.03. The maximum atomic E-state index is 12.8. The largest absolute Gasteiger partial charge is 0.336 e. The summed E-state index contributed by atoms with van der Waals surface area (Å²) in [7, 11) is 0. The summed E-state index contributed by atoms with van der Waals surface area (Å²) in [5.41, 5.74) is 1.56. The molecule has 0 aliphatic carbocycles. The van der Waals surface area contributed by atoms with Gasteiger partial charge < -0.3 is 4.90 Å². The zero-order valence-corrected chi connectivity index (χ0v) is 16.3. The van der Waals surface area contributed by atoms with Gasteiger partial charge in [0, 0.05) is 25.6 Å². The number of carbonyl (C=O) groups is 2. The summed E-state index contributed by atoms with van der Waals surface area (Å²) < 4.78 is 1.71. The predicted octanol–water partition coefficient (Wildman–Crippen LogP) is 3.32. The number of amides is 1. The number of rotatable bonds is 6. The first-order valence-corrected chi connectivity index (χ1v) is 10.4. The van der Waals surface area contributed by atoms with E-state index in [1.165, 1.54) is 16.9 Å². The van der Waals surface area contributed by atoms with Gasteiger partial charge in [-0.1, -0.05) is 41.6 Å². The van der Waals surface area contributed by atoms with Crippen LogP contribution in [0.4, 0.5) is 0 Å². The number of hydrogen-bond acceptors (Lipinski definition) is 5. The molecule has 7 heteroatoms. The fourth-order valence-electron chi connectivity index (χ4n) is 3.55. The van der Waals surface area contributed by atoms with Crippen molar-refractivity contribution in [3.63, 3.8) is 0 Å². The van der Waals surface area contributed by atoms with Crippen LogP contribution < -0.4 is 0 Å². The fourth-order valence-corrected chi connectivity index (χ4v) is 4.30. The van der Waals surface area contributed by atoms with Gasteiger partial charge in [-0.15, -0.1) is 16.4 Å². The lowest BCUT2D eigenvalue weighted by Crippen LogP contribution is -2.42. The summed E-state index contributed by atoms with van der Waals surface area (Å²) in [6, 6.07) is 13.9. The van der Waals surface area contributed by atoms with E-state index in [2.05, 4.69) is 22.4 Å². The molecule has 2 aromatic heterocycles. The summed E-state index contributed by atoms with van der Waals surface area (Å²) in [6.07, 6.45) is 4.19. The van der Waals surface area contributed by atoms with Crippen LogP contribution in [0.25, 0.3) is 0 Å². The Balaban J connectivity index is 1.37.